The number of carbonyl (C=O) groups excluding carboxylic acids is 2. The molecule has 0 spiro atoms. The third-order valence-corrected chi connectivity index (χ3v) is 6.77. The van der Waals surface area contributed by atoms with Crippen molar-refractivity contribution >= 4 is 44.2 Å². The summed E-state index contributed by atoms with van der Waals surface area (Å²) in [4.78, 5) is 31.9. The van der Waals surface area contributed by atoms with Crippen LogP contribution in [0, 0.1) is 26.7 Å². The summed E-state index contributed by atoms with van der Waals surface area (Å²) in [7, 11) is 0. The van der Waals surface area contributed by atoms with E-state index in [2.05, 4.69) is 26.6 Å². The molecular weight excluding hydrogens is 408 g/mol. The number of aryl methyl sites for hydroxylation is 3. The van der Waals surface area contributed by atoms with E-state index < -0.39 is 0 Å². The number of rotatable bonds is 5. The van der Waals surface area contributed by atoms with Gasteiger partial charge in [0.05, 0.1) is 16.8 Å². The van der Waals surface area contributed by atoms with Gasteiger partial charge in [-0.1, -0.05) is 41.2 Å². The molecule has 0 saturated carbocycles. The average Bonchev–Trinajstić information content (AvgIpc) is 3.14. The number of para-hydroxylation sites is 1. The van der Waals surface area contributed by atoms with E-state index in [1.54, 1.807) is 0 Å². The van der Waals surface area contributed by atoms with E-state index in [0.717, 1.165) is 53.0 Å². The Kier molecular flexibility index (Phi) is 6.34. The monoisotopic (exact) mass is 436 g/mol. The fourth-order valence-corrected chi connectivity index (χ4v) is 4.99. The number of piperidine rings is 1. The third kappa shape index (κ3) is 5.11. The fourth-order valence-electron chi connectivity index (χ4n) is 4.05. The minimum Gasteiger partial charge on any atom is -0.325 e. The lowest BCUT2D eigenvalue weighted by atomic mass is 9.96. The van der Waals surface area contributed by atoms with Gasteiger partial charge in [-0.25, -0.2) is 4.98 Å². The maximum Gasteiger partial charge on any atom is 0.238 e. The van der Waals surface area contributed by atoms with Gasteiger partial charge >= 0.3 is 0 Å². The van der Waals surface area contributed by atoms with Crippen molar-refractivity contribution in [1.29, 1.82) is 0 Å². The molecule has 1 aliphatic rings. The van der Waals surface area contributed by atoms with Crippen LogP contribution in [0.1, 0.15) is 29.5 Å². The maximum absolute atomic E-state index is 12.7. The molecule has 6 nitrogen and oxygen atoms in total. The predicted octanol–water partition coefficient (Wildman–Crippen LogP) is 4.51. The highest BCUT2D eigenvalue weighted by atomic mass is 32.1. The van der Waals surface area contributed by atoms with E-state index in [1.807, 2.05) is 51.1 Å². The number of hydrogen-bond acceptors (Lipinski definition) is 5. The zero-order chi connectivity index (χ0) is 22.0. The number of hydrogen-bond donors (Lipinski definition) is 2. The molecule has 31 heavy (non-hydrogen) atoms. The van der Waals surface area contributed by atoms with E-state index in [1.165, 1.54) is 16.9 Å². The first-order chi connectivity index (χ1) is 14.9. The van der Waals surface area contributed by atoms with E-state index in [0.29, 0.717) is 11.7 Å². The van der Waals surface area contributed by atoms with Crippen LogP contribution in [0.4, 0.5) is 10.8 Å². The average molecular weight is 437 g/mol. The Balaban J connectivity index is 1.27. The molecule has 0 atom stereocenters. The van der Waals surface area contributed by atoms with Crippen molar-refractivity contribution in [3.63, 3.8) is 0 Å². The highest BCUT2D eigenvalue weighted by Crippen LogP contribution is 2.29. The quantitative estimate of drug-likeness (QED) is 0.617. The van der Waals surface area contributed by atoms with Gasteiger partial charge in [0.25, 0.3) is 0 Å². The fraction of sp³-hybridized carbons (Fsp3) is 0.375. The van der Waals surface area contributed by atoms with Crippen LogP contribution in [0.2, 0.25) is 0 Å². The van der Waals surface area contributed by atoms with Gasteiger partial charge in [-0.2, -0.15) is 0 Å². The van der Waals surface area contributed by atoms with Crippen molar-refractivity contribution in [2.24, 2.45) is 5.92 Å². The van der Waals surface area contributed by atoms with E-state index in [4.69, 9.17) is 0 Å². The predicted molar refractivity (Wildman–Crippen MR) is 127 cm³/mol. The summed E-state index contributed by atoms with van der Waals surface area (Å²) >= 11 is 1.51. The second-order valence-corrected chi connectivity index (χ2v) is 9.38. The molecule has 3 aromatic rings. The topological polar surface area (TPSA) is 74.3 Å². The number of nitrogens with zero attached hydrogens (tertiary/aromatic N) is 2. The van der Waals surface area contributed by atoms with Gasteiger partial charge in [-0.3, -0.25) is 14.5 Å². The zero-order valence-corrected chi connectivity index (χ0v) is 19.0. The standard InChI is InChI=1S/C24H28N4O2S/c1-15-7-8-19(17(3)13-15)25-21(29)14-28-11-9-18(10-12-28)23(30)27-24-26-22-16(2)5-4-6-20(22)31-24/h4-8,13,18H,9-12,14H2,1-3H3,(H,25,29)(H,26,27,30). The molecule has 1 fully saturated rings. The number of likely N-dealkylation sites (tertiary alicyclic amines) is 1. The molecule has 4 rings (SSSR count). The van der Waals surface area contributed by atoms with Crippen molar-refractivity contribution in [2.75, 3.05) is 30.3 Å². The van der Waals surface area contributed by atoms with E-state index in [-0.39, 0.29) is 17.7 Å². The molecule has 2 aromatic carbocycles. The van der Waals surface area contributed by atoms with Crippen LogP contribution in [-0.4, -0.2) is 41.3 Å². The second kappa shape index (κ2) is 9.16. The first-order valence-corrected chi connectivity index (χ1v) is 11.5. The van der Waals surface area contributed by atoms with Crippen LogP contribution in [0.3, 0.4) is 0 Å². The molecular formula is C24H28N4O2S. The van der Waals surface area contributed by atoms with Crippen LogP contribution < -0.4 is 10.6 Å². The van der Waals surface area contributed by atoms with Crippen molar-refractivity contribution in [2.45, 2.75) is 33.6 Å². The van der Waals surface area contributed by atoms with E-state index in [9.17, 15) is 9.59 Å². The molecule has 1 aliphatic heterocycles. The minimum atomic E-state index is -0.0493. The highest BCUT2D eigenvalue weighted by Gasteiger charge is 2.26. The first kappa shape index (κ1) is 21.5. The van der Waals surface area contributed by atoms with Gasteiger partial charge in [0.2, 0.25) is 11.8 Å². The van der Waals surface area contributed by atoms with Gasteiger partial charge in [-0.05, 0) is 70.0 Å². The largest absolute Gasteiger partial charge is 0.325 e. The molecule has 1 saturated heterocycles. The minimum absolute atomic E-state index is 0.0142. The number of thiazole rings is 1. The van der Waals surface area contributed by atoms with Crippen molar-refractivity contribution < 1.29 is 9.59 Å². The van der Waals surface area contributed by atoms with Crippen molar-refractivity contribution in [3.8, 4) is 0 Å². The highest BCUT2D eigenvalue weighted by molar-refractivity contribution is 7.22. The number of aromatic nitrogens is 1. The number of nitrogens with one attached hydrogen (secondary N) is 2. The second-order valence-electron chi connectivity index (χ2n) is 8.35. The Morgan fingerprint density at radius 3 is 2.55 bits per heavy atom. The van der Waals surface area contributed by atoms with Crippen molar-refractivity contribution in [3.05, 3.63) is 53.1 Å². The zero-order valence-electron chi connectivity index (χ0n) is 18.2. The summed E-state index contributed by atoms with van der Waals surface area (Å²) in [6.07, 6.45) is 1.49. The molecule has 2 amide bonds. The number of benzene rings is 2. The van der Waals surface area contributed by atoms with Crippen LogP contribution in [0.5, 0.6) is 0 Å². The summed E-state index contributed by atoms with van der Waals surface area (Å²) in [5.41, 5.74) is 5.16. The summed E-state index contributed by atoms with van der Waals surface area (Å²) in [6.45, 7) is 7.88. The molecule has 0 radical (unpaired) electrons. The number of amides is 2. The SMILES string of the molecule is Cc1ccc(NC(=O)CN2CCC(C(=O)Nc3nc4c(C)cccc4s3)CC2)c(C)c1. The number of fused-ring (bicyclic) bond motifs is 1. The lowest BCUT2D eigenvalue weighted by molar-refractivity contribution is -0.121. The number of anilines is 2. The van der Waals surface area contributed by atoms with E-state index >= 15 is 0 Å². The number of carbonyl (C=O) groups is 2. The molecule has 0 bridgehead atoms. The third-order valence-electron chi connectivity index (χ3n) is 5.83. The molecule has 1 aromatic heterocycles. The summed E-state index contributed by atoms with van der Waals surface area (Å²) < 4.78 is 1.08. The van der Waals surface area contributed by atoms with Crippen LogP contribution >= 0.6 is 11.3 Å². The summed E-state index contributed by atoms with van der Waals surface area (Å²) in [6, 6.07) is 12.1. The first-order valence-electron chi connectivity index (χ1n) is 10.7. The van der Waals surface area contributed by atoms with Gasteiger partial charge < -0.3 is 10.6 Å². The van der Waals surface area contributed by atoms with Gasteiger partial charge in [0, 0.05) is 11.6 Å². The molecule has 2 heterocycles. The molecule has 0 aliphatic carbocycles. The van der Waals surface area contributed by atoms with Crippen molar-refractivity contribution in [1.82, 2.24) is 9.88 Å². The summed E-state index contributed by atoms with van der Waals surface area (Å²) in [5.74, 6) is -0.0393. The van der Waals surface area contributed by atoms with Gasteiger partial charge in [0.15, 0.2) is 5.13 Å². The Bertz CT molecular complexity index is 1120. The van der Waals surface area contributed by atoms with Gasteiger partial charge in [0.1, 0.15) is 0 Å². The molecule has 2 N–H and O–H groups in total. The Morgan fingerprint density at radius 2 is 1.84 bits per heavy atom. The van der Waals surface area contributed by atoms with Gasteiger partial charge in [-0.15, -0.1) is 0 Å². The lowest BCUT2D eigenvalue weighted by Gasteiger charge is -2.30. The normalized spacial score (nSPS) is 15.2. The Hall–Kier alpha value is -2.77. The Labute approximate surface area is 186 Å². The maximum atomic E-state index is 12.7. The molecule has 162 valence electrons. The van der Waals surface area contributed by atoms with Crippen LogP contribution in [-0.2, 0) is 9.59 Å². The molecule has 0 unspecified atom stereocenters. The smallest absolute Gasteiger partial charge is 0.238 e. The summed E-state index contributed by atoms with van der Waals surface area (Å²) in [5, 5.41) is 6.66. The lowest BCUT2D eigenvalue weighted by Crippen LogP contribution is -2.41. The van der Waals surface area contributed by atoms with Crippen LogP contribution in [0.15, 0.2) is 36.4 Å². The molecule has 7 heteroatoms. The van der Waals surface area contributed by atoms with Crippen LogP contribution in [0.25, 0.3) is 10.2 Å². The Morgan fingerprint density at radius 1 is 1.06 bits per heavy atom.